The number of hydrogen-bond acceptors (Lipinski definition) is 3. The van der Waals surface area contributed by atoms with Crippen LogP contribution in [-0.4, -0.2) is 21.8 Å². The maximum atomic E-state index is 9.09. The molecule has 2 aromatic rings. The van der Waals surface area contributed by atoms with E-state index in [4.69, 9.17) is 9.84 Å². The first-order valence-electron chi connectivity index (χ1n) is 5.02. The summed E-state index contributed by atoms with van der Waals surface area (Å²) in [4.78, 5) is 4.28. The summed E-state index contributed by atoms with van der Waals surface area (Å²) in [5, 5.41) is 9.09. The van der Waals surface area contributed by atoms with E-state index in [1.807, 2.05) is 35.9 Å². The maximum Gasteiger partial charge on any atom is 0.140 e. The number of benzene rings is 1. The standard InChI is InChI=1S/C12H14N2O2/c1-14-10(8-15)7-13-12(14)9-4-3-5-11(6-9)16-2/h3-7,15H,8H2,1-2H3. The van der Waals surface area contributed by atoms with E-state index in [1.165, 1.54) is 0 Å². The molecule has 0 unspecified atom stereocenters. The zero-order chi connectivity index (χ0) is 11.5. The zero-order valence-electron chi connectivity index (χ0n) is 9.34. The van der Waals surface area contributed by atoms with Crippen molar-refractivity contribution in [3.05, 3.63) is 36.2 Å². The Morgan fingerprint density at radius 3 is 2.88 bits per heavy atom. The normalized spacial score (nSPS) is 10.4. The number of nitrogens with zero attached hydrogens (tertiary/aromatic N) is 2. The van der Waals surface area contributed by atoms with Crippen LogP contribution in [0.3, 0.4) is 0 Å². The van der Waals surface area contributed by atoms with Crippen molar-refractivity contribution in [3.63, 3.8) is 0 Å². The van der Waals surface area contributed by atoms with E-state index in [0.717, 1.165) is 22.8 Å². The smallest absolute Gasteiger partial charge is 0.140 e. The molecule has 0 fully saturated rings. The highest BCUT2D eigenvalue weighted by Crippen LogP contribution is 2.22. The van der Waals surface area contributed by atoms with Crippen LogP contribution < -0.4 is 4.74 Å². The van der Waals surface area contributed by atoms with Gasteiger partial charge in [-0.15, -0.1) is 0 Å². The van der Waals surface area contributed by atoms with E-state index in [2.05, 4.69) is 4.98 Å². The van der Waals surface area contributed by atoms with Crippen molar-refractivity contribution in [1.29, 1.82) is 0 Å². The molecule has 0 spiro atoms. The van der Waals surface area contributed by atoms with E-state index in [-0.39, 0.29) is 6.61 Å². The molecule has 1 aromatic heterocycles. The van der Waals surface area contributed by atoms with Gasteiger partial charge >= 0.3 is 0 Å². The van der Waals surface area contributed by atoms with E-state index in [0.29, 0.717) is 0 Å². The quantitative estimate of drug-likeness (QED) is 0.851. The summed E-state index contributed by atoms with van der Waals surface area (Å²) < 4.78 is 7.03. The Labute approximate surface area is 94.1 Å². The van der Waals surface area contributed by atoms with Crippen LogP contribution >= 0.6 is 0 Å². The molecule has 0 saturated carbocycles. The molecule has 0 aliphatic rings. The third-order valence-corrected chi connectivity index (χ3v) is 2.57. The van der Waals surface area contributed by atoms with Crippen LogP contribution in [0.15, 0.2) is 30.5 Å². The van der Waals surface area contributed by atoms with E-state index in [1.54, 1.807) is 13.3 Å². The van der Waals surface area contributed by atoms with Gasteiger partial charge < -0.3 is 14.4 Å². The second-order valence-corrected chi connectivity index (χ2v) is 3.52. The molecule has 0 saturated heterocycles. The summed E-state index contributed by atoms with van der Waals surface area (Å²) in [6.45, 7) is -0.00648. The van der Waals surface area contributed by atoms with Crippen LogP contribution in [0.4, 0.5) is 0 Å². The van der Waals surface area contributed by atoms with Gasteiger partial charge in [0.15, 0.2) is 0 Å². The van der Waals surface area contributed by atoms with E-state index >= 15 is 0 Å². The minimum absolute atomic E-state index is 0.00648. The summed E-state index contributed by atoms with van der Waals surface area (Å²) in [6.07, 6.45) is 1.68. The summed E-state index contributed by atoms with van der Waals surface area (Å²) in [7, 11) is 3.52. The van der Waals surface area contributed by atoms with Gasteiger partial charge in [0.05, 0.1) is 25.6 Å². The van der Waals surface area contributed by atoms with Gasteiger partial charge in [-0.3, -0.25) is 0 Å². The molecule has 0 amide bonds. The molecule has 1 aromatic carbocycles. The number of ether oxygens (including phenoxy) is 1. The van der Waals surface area contributed by atoms with Crippen LogP contribution in [0.2, 0.25) is 0 Å². The van der Waals surface area contributed by atoms with Crippen molar-refractivity contribution >= 4 is 0 Å². The molecule has 16 heavy (non-hydrogen) atoms. The Balaban J connectivity index is 2.45. The Morgan fingerprint density at radius 1 is 1.44 bits per heavy atom. The minimum atomic E-state index is -0.00648. The topological polar surface area (TPSA) is 47.3 Å². The van der Waals surface area contributed by atoms with Crippen LogP contribution in [0.1, 0.15) is 5.69 Å². The predicted molar refractivity (Wildman–Crippen MR) is 61.1 cm³/mol. The maximum absolute atomic E-state index is 9.09. The highest BCUT2D eigenvalue weighted by Gasteiger charge is 2.08. The number of aliphatic hydroxyl groups excluding tert-OH is 1. The fraction of sp³-hybridized carbons (Fsp3) is 0.250. The molecule has 0 aliphatic carbocycles. The largest absolute Gasteiger partial charge is 0.497 e. The first-order valence-corrected chi connectivity index (χ1v) is 5.02. The first kappa shape index (κ1) is 10.7. The van der Waals surface area contributed by atoms with E-state index in [9.17, 15) is 0 Å². The molecule has 0 aliphatic heterocycles. The minimum Gasteiger partial charge on any atom is -0.497 e. The molecule has 1 heterocycles. The number of aliphatic hydroxyl groups is 1. The molecular formula is C12H14N2O2. The molecule has 0 bridgehead atoms. The lowest BCUT2D eigenvalue weighted by molar-refractivity contribution is 0.273. The van der Waals surface area contributed by atoms with Crippen molar-refractivity contribution in [2.24, 2.45) is 7.05 Å². The van der Waals surface area contributed by atoms with Crippen molar-refractivity contribution in [2.75, 3.05) is 7.11 Å². The molecule has 0 radical (unpaired) electrons. The van der Waals surface area contributed by atoms with Crippen LogP contribution in [0.25, 0.3) is 11.4 Å². The fourth-order valence-corrected chi connectivity index (χ4v) is 1.62. The molecule has 1 N–H and O–H groups in total. The monoisotopic (exact) mass is 218 g/mol. The Morgan fingerprint density at radius 2 is 2.25 bits per heavy atom. The van der Waals surface area contributed by atoms with Crippen LogP contribution in [0.5, 0.6) is 5.75 Å². The van der Waals surface area contributed by atoms with Gasteiger partial charge in [-0.05, 0) is 12.1 Å². The van der Waals surface area contributed by atoms with Crippen LogP contribution in [-0.2, 0) is 13.7 Å². The number of imidazole rings is 1. The van der Waals surface area contributed by atoms with Gasteiger partial charge in [0, 0.05) is 12.6 Å². The number of methoxy groups -OCH3 is 1. The third-order valence-electron chi connectivity index (χ3n) is 2.57. The highest BCUT2D eigenvalue weighted by molar-refractivity contribution is 5.58. The molecule has 4 heteroatoms. The molecule has 84 valence electrons. The van der Waals surface area contributed by atoms with Crippen molar-refractivity contribution < 1.29 is 9.84 Å². The Kier molecular flexibility index (Phi) is 2.92. The third kappa shape index (κ3) is 1.79. The van der Waals surface area contributed by atoms with Crippen molar-refractivity contribution in [1.82, 2.24) is 9.55 Å². The predicted octanol–water partition coefficient (Wildman–Crippen LogP) is 1.59. The van der Waals surface area contributed by atoms with Crippen molar-refractivity contribution in [3.8, 4) is 17.1 Å². The van der Waals surface area contributed by atoms with Gasteiger partial charge in [-0.1, -0.05) is 12.1 Å². The van der Waals surface area contributed by atoms with Gasteiger partial charge in [0.25, 0.3) is 0 Å². The lowest BCUT2D eigenvalue weighted by Crippen LogP contribution is -1.98. The lowest BCUT2D eigenvalue weighted by Gasteiger charge is -2.06. The van der Waals surface area contributed by atoms with Crippen LogP contribution in [0, 0.1) is 0 Å². The average molecular weight is 218 g/mol. The number of rotatable bonds is 3. The fourth-order valence-electron chi connectivity index (χ4n) is 1.62. The Hall–Kier alpha value is -1.81. The lowest BCUT2D eigenvalue weighted by atomic mass is 10.2. The van der Waals surface area contributed by atoms with Crippen molar-refractivity contribution in [2.45, 2.75) is 6.61 Å². The zero-order valence-corrected chi connectivity index (χ0v) is 9.34. The number of aromatic nitrogens is 2. The SMILES string of the molecule is COc1cccc(-c2ncc(CO)n2C)c1. The molecule has 4 nitrogen and oxygen atoms in total. The second kappa shape index (κ2) is 4.37. The summed E-state index contributed by atoms with van der Waals surface area (Å²) in [6, 6.07) is 7.69. The van der Waals surface area contributed by atoms with Gasteiger partial charge in [-0.2, -0.15) is 0 Å². The molecular weight excluding hydrogens is 204 g/mol. The highest BCUT2D eigenvalue weighted by atomic mass is 16.5. The van der Waals surface area contributed by atoms with Gasteiger partial charge in [0.2, 0.25) is 0 Å². The summed E-state index contributed by atoms with van der Waals surface area (Å²) >= 11 is 0. The average Bonchev–Trinajstić information content (AvgIpc) is 2.70. The second-order valence-electron chi connectivity index (χ2n) is 3.52. The number of hydrogen-bond donors (Lipinski definition) is 1. The first-order chi connectivity index (χ1) is 7.76. The molecule has 2 rings (SSSR count). The Bertz CT molecular complexity index is 492. The van der Waals surface area contributed by atoms with Gasteiger partial charge in [0.1, 0.15) is 11.6 Å². The summed E-state index contributed by atoms with van der Waals surface area (Å²) in [5.41, 5.74) is 1.76. The molecule has 0 atom stereocenters. The van der Waals surface area contributed by atoms with Gasteiger partial charge in [-0.25, -0.2) is 4.98 Å². The summed E-state index contributed by atoms with van der Waals surface area (Å²) in [5.74, 6) is 1.62. The van der Waals surface area contributed by atoms with E-state index < -0.39 is 0 Å².